The molecule has 2 aliphatic heterocycles. The molecule has 2 aliphatic rings. The van der Waals surface area contributed by atoms with Crippen LogP contribution < -0.4 is 5.32 Å². The molecule has 0 amide bonds. The molecule has 0 aromatic rings. The number of hydrogen-bond acceptors (Lipinski definition) is 3. The first-order valence-corrected chi connectivity index (χ1v) is 6.38. The Morgan fingerprint density at radius 3 is 2.80 bits per heavy atom. The summed E-state index contributed by atoms with van der Waals surface area (Å²) >= 11 is 0. The Kier molecular flexibility index (Phi) is 4.00. The van der Waals surface area contributed by atoms with Crippen molar-refractivity contribution in [2.75, 3.05) is 40.3 Å². The van der Waals surface area contributed by atoms with Crippen molar-refractivity contribution >= 4 is 0 Å². The summed E-state index contributed by atoms with van der Waals surface area (Å²) in [6, 6.07) is 1.58. The molecule has 0 radical (unpaired) electrons. The molecular formula is C12H25N3. The minimum atomic E-state index is 0.771. The van der Waals surface area contributed by atoms with Crippen LogP contribution in [0.25, 0.3) is 0 Å². The van der Waals surface area contributed by atoms with Crippen molar-refractivity contribution in [2.45, 2.75) is 37.8 Å². The summed E-state index contributed by atoms with van der Waals surface area (Å²) in [5.41, 5.74) is 0. The molecule has 2 saturated heterocycles. The van der Waals surface area contributed by atoms with Crippen LogP contribution in [0, 0.1) is 0 Å². The van der Waals surface area contributed by atoms with Crippen molar-refractivity contribution in [3.63, 3.8) is 0 Å². The lowest BCUT2D eigenvalue weighted by molar-refractivity contribution is 0.193. The molecular weight excluding hydrogens is 186 g/mol. The number of likely N-dealkylation sites (N-methyl/N-ethyl adjacent to an activating group) is 1. The van der Waals surface area contributed by atoms with E-state index in [1.165, 1.54) is 51.9 Å². The van der Waals surface area contributed by atoms with E-state index in [1.807, 2.05) is 0 Å². The molecule has 0 bridgehead atoms. The van der Waals surface area contributed by atoms with E-state index in [1.54, 1.807) is 0 Å². The summed E-state index contributed by atoms with van der Waals surface area (Å²) in [7, 11) is 4.37. The predicted octanol–water partition coefficient (Wildman–Crippen LogP) is 0.764. The van der Waals surface area contributed by atoms with Crippen LogP contribution in [0.4, 0.5) is 0 Å². The van der Waals surface area contributed by atoms with Crippen molar-refractivity contribution in [1.82, 2.24) is 15.1 Å². The van der Waals surface area contributed by atoms with Gasteiger partial charge in [0.05, 0.1) is 0 Å². The topological polar surface area (TPSA) is 18.5 Å². The molecule has 15 heavy (non-hydrogen) atoms. The standard InChI is InChI=1S/C12H25N3/c1-14(2)10-12-6-4-8-15(12)9-11-5-3-7-13-11/h11-13H,3-10H2,1-2H3. The first-order valence-electron chi connectivity index (χ1n) is 6.38. The van der Waals surface area contributed by atoms with Crippen LogP contribution in [0.3, 0.4) is 0 Å². The van der Waals surface area contributed by atoms with Crippen LogP contribution >= 0.6 is 0 Å². The minimum absolute atomic E-state index is 0.771. The van der Waals surface area contributed by atoms with Crippen LogP contribution in [-0.4, -0.2) is 62.2 Å². The van der Waals surface area contributed by atoms with Gasteiger partial charge in [-0.2, -0.15) is 0 Å². The molecule has 3 heteroatoms. The molecule has 88 valence electrons. The highest BCUT2D eigenvalue weighted by molar-refractivity contribution is 4.86. The number of likely N-dealkylation sites (tertiary alicyclic amines) is 1. The second kappa shape index (κ2) is 5.28. The number of nitrogens with one attached hydrogen (secondary N) is 1. The first-order chi connectivity index (χ1) is 7.25. The molecule has 2 heterocycles. The fourth-order valence-electron chi connectivity index (χ4n) is 2.96. The molecule has 2 unspecified atom stereocenters. The van der Waals surface area contributed by atoms with E-state index in [4.69, 9.17) is 0 Å². The van der Waals surface area contributed by atoms with E-state index >= 15 is 0 Å². The van der Waals surface area contributed by atoms with Crippen molar-refractivity contribution in [1.29, 1.82) is 0 Å². The molecule has 3 nitrogen and oxygen atoms in total. The Hall–Kier alpha value is -0.120. The van der Waals surface area contributed by atoms with Gasteiger partial charge in [0.25, 0.3) is 0 Å². The molecule has 0 saturated carbocycles. The quantitative estimate of drug-likeness (QED) is 0.741. The van der Waals surface area contributed by atoms with E-state index in [9.17, 15) is 0 Å². The summed E-state index contributed by atoms with van der Waals surface area (Å²) in [6.45, 7) is 5.05. The van der Waals surface area contributed by atoms with E-state index in [0.29, 0.717) is 0 Å². The van der Waals surface area contributed by atoms with E-state index in [-0.39, 0.29) is 0 Å². The third-order valence-corrected chi connectivity index (χ3v) is 3.69. The zero-order chi connectivity index (χ0) is 10.7. The highest BCUT2D eigenvalue weighted by Gasteiger charge is 2.27. The largest absolute Gasteiger partial charge is 0.313 e. The lowest BCUT2D eigenvalue weighted by Gasteiger charge is -2.29. The van der Waals surface area contributed by atoms with Crippen LogP contribution in [0.1, 0.15) is 25.7 Å². The van der Waals surface area contributed by atoms with Gasteiger partial charge in [-0.05, 0) is 52.9 Å². The fourth-order valence-corrected chi connectivity index (χ4v) is 2.96. The monoisotopic (exact) mass is 211 g/mol. The van der Waals surface area contributed by atoms with Crippen LogP contribution in [0.5, 0.6) is 0 Å². The lowest BCUT2D eigenvalue weighted by atomic mass is 10.2. The van der Waals surface area contributed by atoms with Gasteiger partial charge in [0, 0.05) is 25.2 Å². The molecule has 0 aromatic carbocycles. The molecule has 0 aliphatic carbocycles. The van der Waals surface area contributed by atoms with Gasteiger partial charge in [0.15, 0.2) is 0 Å². The maximum absolute atomic E-state index is 3.60. The second-order valence-corrected chi connectivity index (χ2v) is 5.35. The van der Waals surface area contributed by atoms with Crippen molar-refractivity contribution in [3.05, 3.63) is 0 Å². The van der Waals surface area contributed by atoms with Gasteiger partial charge in [-0.25, -0.2) is 0 Å². The zero-order valence-corrected chi connectivity index (χ0v) is 10.2. The van der Waals surface area contributed by atoms with E-state index in [2.05, 4.69) is 29.2 Å². The number of rotatable bonds is 4. The summed E-state index contributed by atoms with van der Waals surface area (Å²) in [5.74, 6) is 0. The maximum Gasteiger partial charge on any atom is 0.0224 e. The molecule has 0 aromatic heterocycles. The first kappa shape index (κ1) is 11.4. The van der Waals surface area contributed by atoms with Gasteiger partial charge in [0.2, 0.25) is 0 Å². The summed E-state index contributed by atoms with van der Waals surface area (Å²) < 4.78 is 0. The lowest BCUT2D eigenvalue weighted by Crippen LogP contribution is -2.43. The third kappa shape index (κ3) is 3.16. The smallest absolute Gasteiger partial charge is 0.0224 e. The Bertz CT molecular complexity index is 187. The van der Waals surface area contributed by atoms with Crippen LogP contribution in [0.15, 0.2) is 0 Å². The van der Waals surface area contributed by atoms with Gasteiger partial charge in [-0.15, -0.1) is 0 Å². The zero-order valence-electron chi connectivity index (χ0n) is 10.2. The minimum Gasteiger partial charge on any atom is -0.313 e. The SMILES string of the molecule is CN(C)CC1CCCN1CC1CCCN1. The van der Waals surface area contributed by atoms with Crippen molar-refractivity contribution < 1.29 is 0 Å². The van der Waals surface area contributed by atoms with E-state index < -0.39 is 0 Å². The normalized spacial score (nSPS) is 33.0. The summed E-state index contributed by atoms with van der Waals surface area (Å²) in [5, 5.41) is 3.60. The molecule has 2 fully saturated rings. The Morgan fingerprint density at radius 1 is 1.27 bits per heavy atom. The van der Waals surface area contributed by atoms with Crippen molar-refractivity contribution in [2.24, 2.45) is 0 Å². The van der Waals surface area contributed by atoms with Gasteiger partial charge in [0.1, 0.15) is 0 Å². The van der Waals surface area contributed by atoms with E-state index in [0.717, 1.165) is 12.1 Å². The Balaban J connectivity index is 1.79. The van der Waals surface area contributed by atoms with Crippen LogP contribution in [-0.2, 0) is 0 Å². The highest BCUT2D eigenvalue weighted by atomic mass is 15.2. The predicted molar refractivity (Wildman–Crippen MR) is 64.2 cm³/mol. The van der Waals surface area contributed by atoms with Crippen LogP contribution in [0.2, 0.25) is 0 Å². The molecule has 1 N–H and O–H groups in total. The number of hydrogen-bond donors (Lipinski definition) is 1. The van der Waals surface area contributed by atoms with Gasteiger partial charge in [-0.1, -0.05) is 0 Å². The van der Waals surface area contributed by atoms with Gasteiger partial charge in [-0.3, -0.25) is 4.90 Å². The fraction of sp³-hybridized carbons (Fsp3) is 1.00. The summed E-state index contributed by atoms with van der Waals surface area (Å²) in [4.78, 5) is 5.02. The Labute approximate surface area is 93.8 Å². The average Bonchev–Trinajstić information content (AvgIpc) is 2.78. The molecule has 2 atom stereocenters. The average molecular weight is 211 g/mol. The second-order valence-electron chi connectivity index (χ2n) is 5.35. The van der Waals surface area contributed by atoms with Crippen molar-refractivity contribution in [3.8, 4) is 0 Å². The van der Waals surface area contributed by atoms with Gasteiger partial charge >= 0.3 is 0 Å². The Morgan fingerprint density at radius 2 is 2.13 bits per heavy atom. The molecule has 2 rings (SSSR count). The number of nitrogens with zero attached hydrogens (tertiary/aromatic N) is 2. The summed E-state index contributed by atoms with van der Waals surface area (Å²) in [6.07, 6.45) is 5.54. The third-order valence-electron chi connectivity index (χ3n) is 3.69. The maximum atomic E-state index is 3.60. The van der Waals surface area contributed by atoms with Gasteiger partial charge < -0.3 is 10.2 Å². The highest BCUT2D eigenvalue weighted by Crippen LogP contribution is 2.19. The molecule has 0 spiro atoms.